The summed E-state index contributed by atoms with van der Waals surface area (Å²) in [6.07, 6.45) is 4.27. The van der Waals surface area contributed by atoms with E-state index in [1.807, 2.05) is 18.7 Å². The normalized spacial score (nSPS) is 21.6. The number of nitrogens with zero attached hydrogens (tertiary/aromatic N) is 1. The van der Waals surface area contributed by atoms with Gasteiger partial charge >= 0.3 is 0 Å². The van der Waals surface area contributed by atoms with Gasteiger partial charge in [0, 0.05) is 31.7 Å². The summed E-state index contributed by atoms with van der Waals surface area (Å²) in [5.74, 6) is 0.690. The average Bonchev–Trinajstić information content (AvgIpc) is 2.26. The summed E-state index contributed by atoms with van der Waals surface area (Å²) in [5.41, 5.74) is 5.62. The fraction of sp³-hybridized carbons (Fsp3) is 0.923. The summed E-state index contributed by atoms with van der Waals surface area (Å²) in [6, 6.07) is 0. The zero-order valence-electron chi connectivity index (χ0n) is 11.1. The molecule has 0 aromatic rings. The van der Waals surface area contributed by atoms with Gasteiger partial charge in [0.1, 0.15) is 0 Å². The van der Waals surface area contributed by atoms with Gasteiger partial charge in [-0.2, -0.15) is 0 Å². The SMILES string of the molecule is CC(C)(N)CCC(=O)N1CCCC(CCO)C1. The molecule has 1 saturated heterocycles. The number of piperidine rings is 1. The van der Waals surface area contributed by atoms with Crippen LogP contribution in [0.1, 0.15) is 46.0 Å². The number of aliphatic hydroxyl groups is 1. The highest BCUT2D eigenvalue weighted by Gasteiger charge is 2.24. The van der Waals surface area contributed by atoms with E-state index in [0.29, 0.717) is 12.3 Å². The number of carbonyl (C=O) groups excluding carboxylic acids is 1. The molecule has 1 fully saturated rings. The molecule has 0 aliphatic carbocycles. The smallest absolute Gasteiger partial charge is 0.222 e. The van der Waals surface area contributed by atoms with Gasteiger partial charge in [-0.3, -0.25) is 4.79 Å². The predicted octanol–water partition coefficient (Wildman–Crippen LogP) is 1.12. The first-order chi connectivity index (χ1) is 7.92. The fourth-order valence-corrected chi connectivity index (χ4v) is 2.30. The summed E-state index contributed by atoms with van der Waals surface area (Å²) < 4.78 is 0. The highest BCUT2D eigenvalue weighted by Crippen LogP contribution is 2.20. The third kappa shape index (κ3) is 5.50. The molecule has 3 N–H and O–H groups in total. The number of likely N-dealkylation sites (tertiary alicyclic amines) is 1. The van der Waals surface area contributed by atoms with E-state index >= 15 is 0 Å². The van der Waals surface area contributed by atoms with Crippen molar-refractivity contribution in [1.82, 2.24) is 4.90 Å². The molecule has 0 aromatic heterocycles. The van der Waals surface area contributed by atoms with Gasteiger partial charge in [0.15, 0.2) is 0 Å². The molecule has 1 atom stereocenters. The highest BCUT2D eigenvalue weighted by atomic mass is 16.3. The maximum atomic E-state index is 12.0. The molecule has 17 heavy (non-hydrogen) atoms. The maximum Gasteiger partial charge on any atom is 0.222 e. The average molecular weight is 242 g/mol. The Kier molecular flexibility index (Phi) is 5.40. The molecule has 4 nitrogen and oxygen atoms in total. The Morgan fingerprint density at radius 3 is 2.82 bits per heavy atom. The number of nitrogens with two attached hydrogens (primary N) is 1. The monoisotopic (exact) mass is 242 g/mol. The number of hydrogen-bond acceptors (Lipinski definition) is 3. The summed E-state index contributed by atoms with van der Waals surface area (Å²) in [7, 11) is 0. The Hall–Kier alpha value is -0.610. The predicted molar refractivity (Wildman–Crippen MR) is 68.5 cm³/mol. The lowest BCUT2D eigenvalue weighted by Gasteiger charge is -2.33. The van der Waals surface area contributed by atoms with Crippen LogP contribution in [-0.4, -0.2) is 41.1 Å². The van der Waals surface area contributed by atoms with Gasteiger partial charge in [0.25, 0.3) is 0 Å². The summed E-state index contributed by atoms with van der Waals surface area (Å²) in [4.78, 5) is 13.9. The van der Waals surface area contributed by atoms with Crippen LogP contribution < -0.4 is 5.73 Å². The van der Waals surface area contributed by atoms with Crippen LogP contribution in [0.3, 0.4) is 0 Å². The number of rotatable bonds is 5. The highest BCUT2D eigenvalue weighted by molar-refractivity contribution is 5.76. The van der Waals surface area contributed by atoms with Gasteiger partial charge < -0.3 is 15.7 Å². The van der Waals surface area contributed by atoms with E-state index in [1.54, 1.807) is 0 Å². The number of amides is 1. The van der Waals surface area contributed by atoms with Crippen molar-refractivity contribution < 1.29 is 9.90 Å². The minimum atomic E-state index is -0.268. The molecule has 0 radical (unpaired) electrons. The van der Waals surface area contributed by atoms with Crippen molar-refractivity contribution in [1.29, 1.82) is 0 Å². The van der Waals surface area contributed by atoms with Crippen LogP contribution in [0.4, 0.5) is 0 Å². The van der Waals surface area contributed by atoms with Gasteiger partial charge in [0.05, 0.1) is 0 Å². The van der Waals surface area contributed by atoms with Gasteiger partial charge in [-0.1, -0.05) is 0 Å². The number of aliphatic hydroxyl groups excluding tert-OH is 1. The van der Waals surface area contributed by atoms with E-state index in [0.717, 1.165) is 38.8 Å². The van der Waals surface area contributed by atoms with Crippen molar-refractivity contribution in [2.24, 2.45) is 11.7 Å². The molecule has 0 saturated carbocycles. The Bertz CT molecular complexity index is 246. The maximum absolute atomic E-state index is 12.0. The van der Waals surface area contributed by atoms with Crippen molar-refractivity contribution in [3.63, 3.8) is 0 Å². The Morgan fingerprint density at radius 2 is 2.24 bits per heavy atom. The molecule has 1 aliphatic rings. The summed E-state index contributed by atoms with van der Waals surface area (Å²) in [6.45, 7) is 5.80. The van der Waals surface area contributed by atoms with Crippen molar-refractivity contribution >= 4 is 5.91 Å². The van der Waals surface area contributed by atoms with E-state index in [2.05, 4.69) is 0 Å². The van der Waals surface area contributed by atoms with Crippen LogP contribution in [0, 0.1) is 5.92 Å². The van der Waals surface area contributed by atoms with Crippen LogP contribution in [0.25, 0.3) is 0 Å². The standard InChI is InChI=1S/C13H26N2O2/c1-13(2,14)7-5-12(17)15-8-3-4-11(10-15)6-9-16/h11,16H,3-10,14H2,1-2H3. The zero-order valence-corrected chi connectivity index (χ0v) is 11.1. The summed E-state index contributed by atoms with van der Waals surface area (Å²) in [5, 5.41) is 8.93. The summed E-state index contributed by atoms with van der Waals surface area (Å²) >= 11 is 0. The molecule has 1 unspecified atom stereocenters. The molecule has 1 rings (SSSR count). The van der Waals surface area contributed by atoms with E-state index in [9.17, 15) is 4.79 Å². The third-order valence-electron chi connectivity index (χ3n) is 3.39. The first-order valence-corrected chi connectivity index (χ1v) is 6.60. The lowest BCUT2D eigenvalue weighted by atomic mass is 9.94. The second kappa shape index (κ2) is 6.36. The molecule has 100 valence electrons. The quantitative estimate of drug-likeness (QED) is 0.759. The largest absolute Gasteiger partial charge is 0.396 e. The number of carbonyl (C=O) groups is 1. The lowest BCUT2D eigenvalue weighted by molar-refractivity contribution is -0.133. The van der Waals surface area contributed by atoms with E-state index in [1.165, 1.54) is 0 Å². The lowest BCUT2D eigenvalue weighted by Crippen LogP contribution is -2.41. The minimum absolute atomic E-state index is 0.214. The first-order valence-electron chi connectivity index (χ1n) is 6.60. The zero-order chi connectivity index (χ0) is 12.9. The number of hydrogen-bond donors (Lipinski definition) is 2. The molecule has 0 aromatic carbocycles. The Balaban J connectivity index is 2.36. The van der Waals surface area contributed by atoms with Crippen LogP contribution in [0.2, 0.25) is 0 Å². The molecule has 1 aliphatic heterocycles. The molecule has 1 heterocycles. The van der Waals surface area contributed by atoms with Crippen molar-refractivity contribution in [2.45, 2.75) is 51.5 Å². The van der Waals surface area contributed by atoms with Gasteiger partial charge in [-0.25, -0.2) is 0 Å². The second-order valence-electron chi connectivity index (χ2n) is 5.85. The minimum Gasteiger partial charge on any atom is -0.396 e. The van der Waals surface area contributed by atoms with E-state index in [4.69, 9.17) is 10.8 Å². The molecule has 0 spiro atoms. The van der Waals surface area contributed by atoms with E-state index in [-0.39, 0.29) is 18.1 Å². The van der Waals surface area contributed by atoms with Gasteiger partial charge in [-0.05, 0) is 45.4 Å². The first kappa shape index (κ1) is 14.5. The molecular weight excluding hydrogens is 216 g/mol. The Morgan fingerprint density at radius 1 is 1.53 bits per heavy atom. The van der Waals surface area contributed by atoms with Crippen LogP contribution in [0.5, 0.6) is 0 Å². The Labute approximate surface area is 104 Å². The molecule has 1 amide bonds. The molecule has 4 heteroatoms. The van der Waals surface area contributed by atoms with Crippen LogP contribution >= 0.6 is 0 Å². The van der Waals surface area contributed by atoms with Crippen molar-refractivity contribution in [3.05, 3.63) is 0 Å². The molecule has 0 bridgehead atoms. The van der Waals surface area contributed by atoms with Crippen LogP contribution in [0.15, 0.2) is 0 Å². The van der Waals surface area contributed by atoms with Crippen molar-refractivity contribution in [3.8, 4) is 0 Å². The van der Waals surface area contributed by atoms with Crippen LogP contribution in [-0.2, 0) is 4.79 Å². The van der Waals surface area contributed by atoms with Gasteiger partial charge in [0.2, 0.25) is 5.91 Å². The molecular formula is C13H26N2O2. The van der Waals surface area contributed by atoms with Gasteiger partial charge in [-0.15, -0.1) is 0 Å². The fourth-order valence-electron chi connectivity index (χ4n) is 2.30. The topological polar surface area (TPSA) is 66.6 Å². The second-order valence-corrected chi connectivity index (χ2v) is 5.85. The third-order valence-corrected chi connectivity index (χ3v) is 3.39. The van der Waals surface area contributed by atoms with E-state index < -0.39 is 0 Å². The van der Waals surface area contributed by atoms with Crippen molar-refractivity contribution in [2.75, 3.05) is 19.7 Å².